The summed E-state index contributed by atoms with van der Waals surface area (Å²) in [4.78, 5) is 0. The molecular weight excluding hydrogens is 212 g/mol. The molecule has 4 nitrogen and oxygen atoms in total. The molecule has 1 aromatic heterocycles. The van der Waals surface area contributed by atoms with E-state index in [9.17, 15) is 0 Å². The second kappa shape index (κ2) is 5.03. The Bertz CT molecular complexity index is 496. The summed E-state index contributed by atoms with van der Waals surface area (Å²) < 4.78 is 0. The molecule has 0 spiro atoms. The van der Waals surface area contributed by atoms with Gasteiger partial charge in [-0.1, -0.05) is 23.8 Å². The highest BCUT2D eigenvalue weighted by Crippen LogP contribution is 2.23. The molecule has 1 unspecified atom stereocenters. The molecule has 0 saturated carbocycles. The fourth-order valence-electron chi connectivity index (χ4n) is 1.99. The molecule has 0 aliphatic rings. The van der Waals surface area contributed by atoms with Gasteiger partial charge in [-0.25, -0.2) is 5.43 Å². The van der Waals surface area contributed by atoms with Crippen LogP contribution in [-0.4, -0.2) is 10.2 Å². The van der Waals surface area contributed by atoms with Crippen molar-refractivity contribution >= 4 is 0 Å². The molecule has 0 aliphatic heterocycles. The van der Waals surface area contributed by atoms with Crippen molar-refractivity contribution in [3.63, 3.8) is 0 Å². The first-order valence-electron chi connectivity index (χ1n) is 5.52. The normalized spacial score (nSPS) is 12.4. The first-order chi connectivity index (χ1) is 8.22. The lowest BCUT2D eigenvalue weighted by atomic mass is 9.95. The van der Waals surface area contributed by atoms with Gasteiger partial charge in [0.05, 0.1) is 12.2 Å². The minimum Gasteiger partial charge on any atom is -0.271 e. The van der Waals surface area contributed by atoms with E-state index >= 15 is 0 Å². The van der Waals surface area contributed by atoms with Crippen molar-refractivity contribution < 1.29 is 0 Å². The zero-order chi connectivity index (χ0) is 12.3. The van der Waals surface area contributed by atoms with Crippen LogP contribution in [0.4, 0.5) is 0 Å². The lowest BCUT2D eigenvalue weighted by molar-refractivity contribution is 0.629. The van der Waals surface area contributed by atoms with Crippen molar-refractivity contribution in [3.05, 3.63) is 58.9 Å². The number of nitrogens with two attached hydrogens (primary N) is 1. The minimum atomic E-state index is -0.0499. The van der Waals surface area contributed by atoms with Crippen LogP contribution < -0.4 is 11.3 Å². The van der Waals surface area contributed by atoms with Crippen LogP contribution >= 0.6 is 0 Å². The molecule has 1 atom stereocenters. The topological polar surface area (TPSA) is 63.8 Å². The summed E-state index contributed by atoms with van der Waals surface area (Å²) in [7, 11) is 0. The van der Waals surface area contributed by atoms with Gasteiger partial charge >= 0.3 is 0 Å². The van der Waals surface area contributed by atoms with Gasteiger partial charge in [-0.2, -0.15) is 10.2 Å². The lowest BCUT2D eigenvalue weighted by Gasteiger charge is -2.18. The zero-order valence-electron chi connectivity index (χ0n) is 10.0. The van der Waals surface area contributed by atoms with Crippen molar-refractivity contribution in [2.24, 2.45) is 5.84 Å². The van der Waals surface area contributed by atoms with E-state index in [-0.39, 0.29) is 6.04 Å². The van der Waals surface area contributed by atoms with Gasteiger partial charge < -0.3 is 0 Å². The van der Waals surface area contributed by atoms with Crippen LogP contribution in [0.25, 0.3) is 0 Å². The standard InChI is InChI=1S/C13H16N4/c1-9-3-4-12(10(2)7-9)13(17-14)11-5-6-15-16-8-11/h3-8,13,17H,14H2,1-2H3. The fraction of sp³-hybridized carbons (Fsp3) is 0.231. The minimum absolute atomic E-state index is 0.0499. The summed E-state index contributed by atoms with van der Waals surface area (Å²) >= 11 is 0. The molecule has 1 heterocycles. The highest BCUT2D eigenvalue weighted by atomic mass is 15.2. The molecule has 0 amide bonds. The Morgan fingerprint density at radius 2 is 2.00 bits per heavy atom. The Morgan fingerprint density at radius 1 is 1.18 bits per heavy atom. The molecule has 0 bridgehead atoms. The third kappa shape index (κ3) is 2.49. The summed E-state index contributed by atoms with van der Waals surface area (Å²) in [6, 6.07) is 8.19. The number of nitrogens with zero attached hydrogens (tertiary/aromatic N) is 2. The van der Waals surface area contributed by atoms with Gasteiger partial charge in [0.1, 0.15) is 0 Å². The number of benzene rings is 1. The third-order valence-corrected chi connectivity index (χ3v) is 2.84. The molecule has 1 aromatic carbocycles. The van der Waals surface area contributed by atoms with E-state index in [2.05, 4.69) is 47.7 Å². The molecule has 0 saturated heterocycles. The van der Waals surface area contributed by atoms with Crippen LogP contribution in [0.5, 0.6) is 0 Å². The van der Waals surface area contributed by atoms with Crippen molar-refractivity contribution in [2.45, 2.75) is 19.9 Å². The molecule has 88 valence electrons. The number of rotatable bonds is 3. The molecule has 2 rings (SSSR count). The third-order valence-electron chi connectivity index (χ3n) is 2.84. The van der Waals surface area contributed by atoms with Gasteiger partial charge in [0.25, 0.3) is 0 Å². The average Bonchev–Trinajstić information content (AvgIpc) is 2.34. The van der Waals surface area contributed by atoms with Crippen LogP contribution in [0.3, 0.4) is 0 Å². The molecule has 17 heavy (non-hydrogen) atoms. The Hall–Kier alpha value is -1.78. The van der Waals surface area contributed by atoms with Crippen molar-refractivity contribution in [2.75, 3.05) is 0 Å². The van der Waals surface area contributed by atoms with Crippen LogP contribution in [0, 0.1) is 13.8 Å². The number of aromatic nitrogens is 2. The molecular formula is C13H16N4. The Morgan fingerprint density at radius 3 is 2.59 bits per heavy atom. The van der Waals surface area contributed by atoms with E-state index in [0.29, 0.717) is 0 Å². The van der Waals surface area contributed by atoms with E-state index in [1.54, 1.807) is 12.4 Å². The van der Waals surface area contributed by atoms with Gasteiger partial charge in [0.2, 0.25) is 0 Å². The second-order valence-electron chi connectivity index (χ2n) is 4.14. The monoisotopic (exact) mass is 228 g/mol. The predicted molar refractivity (Wildman–Crippen MR) is 67.1 cm³/mol. The highest BCUT2D eigenvalue weighted by molar-refractivity contribution is 5.37. The van der Waals surface area contributed by atoms with E-state index in [0.717, 1.165) is 11.1 Å². The first kappa shape index (κ1) is 11.7. The largest absolute Gasteiger partial charge is 0.271 e. The molecule has 4 heteroatoms. The summed E-state index contributed by atoms with van der Waals surface area (Å²) in [5.74, 6) is 5.65. The van der Waals surface area contributed by atoms with Crippen LogP contribution in [0.2, 0.25) is 0 Å². The van der Waals surface area contributed by atoms with Crippen LogP contribution in [-0.2, 0) is 0 Å². The first-order valence-corrected chi connectivity index (χ1v) is 5.52. The zero-order valence-corrected chi connectivity index (χ0v) is 10.0. The summed E-state index contributed by atoms with van der Waals surface area (Å²) in [6.45, 7) is 4.16. The van der Waals surface area contributed by atoms with Crippen molar-refractivity contribution in [1.29, 1.82) is 0 Å². The van der Waals surface area contributed by atoms with Gasteiger partial charge in [-0.3, -0.25) is 5.84 Å². The van der Waals surface area contributed by atoms with Gasteiger partial charge in [-0.05, 0) is 36.6 Å². The van der Waals surface area contributed by atoms with E-state index in [4.69, 9.17) is 5.84 Å². The number of hydrogen-bond acceptors (Lipinski definition) is 4. The van der Waals surface area contributed by atoms with Crippen LogP contribution in [0.15, 0.2) is 36.7 Å². The van der Waals surface area contributed by atoms with E-state index < -0.39 is 0 Å². The van der Waals surface area contributed by atoms with Gasteiger partial charge in [0.15, 0.2) is 0 Å². The molecule has 0 radical (unpaired) electrons. The Balaban J connectivity index is 2.42. The smallest absolute Gasteiger partial charge is 0.0728 e. The average molecular weight is 228 g/mol. The maximum absolute atomic E-state index is 5.65. The number of aryl methyl sites for hydroxylation is 2. The highest BCUT2D eigenvalue weighted by Gasteiger charge is 2.14. The molecule has 3 N–H and O–H groups in total. The van der Waals surface area contributed by atoms with Crippen molar-refractivity contribution in [1.82, 2.24) is 15.6 Å². The summed E-state index contributed by atoms with van der Waals surface area (Å²) in [5, 5.41) is 7.65. The number of hydrazine groups is 1. The Kier molecular flexibility index (Phi) is 3.46. The van der Waals surface area contributed by atoms with Gasteiger partial charge in [0, 0.05) is 6.20 Å². The molecule has 0 fully saturated rings. The lowest BCUT2D eigenvalue weighted by Crippen LogP contribution is -2.29. The predicted octanol–water partition coefficient (Wildman–Crippen LogP) is 1.65. The maximum atomic E-state index is 5.65. The maximum Gasteiger partial charge on any atom is 0.0728 e. The Labute approximate surface area is 101 Å². The van der Waals surface area contributed by atoms with Crippen LogP contribution in [0.1, 0.15) is 28.3 Å². The molecule has 0 aliphatic carbocycles. The summed E-state index contributed by atoms with van der Waals surface area (Å²) in [5.41, 5.74) is 7.45. The van der Waals surface area contributed by atoms with E-state index in [1.165, 1.54) is 11.1 Å². The SMILES string of the molecule is Cc1ccc(C(NN)c2ccnnc2)c(C)c1. The number of hydrogen-bond donors (Lipinski definition) is 2. The number of nitrogens with one attached hydrogen (secondary N) is 1. The second-order valence-corrected chi connectivity index (χ2v) is 4.14. The summed E-state index contributed by atoms with van der Waals surface area (Å²) in [6.07, 6.45) is 3.40. The van der Waals surface area contributed by atoms with Gasteiger partial charge in [-0.15, -0.1) is 0 Å². The van der Waals surface area contributed by atoms with Crippen molar-refractivity contribution in [3.8, 4) is 0 Å². The molecule has 2 aromatic rings. The fourth-order valence-corrected chi connectivity index (χ4v) is 1.99. The van der Waals surface area contributed by atoms with E-state index in [1.807, 2.05) is 6.07 Å². The quantitative estimate of drug-likeness (QED) is 0.619.